The van der Waals surface area contributed by atoms with Crippen LogP contribution in [-0.4, -0.2) is 22.3 Å². The van der Waals surface area contributed by atoms with Crippen molar-refractivity contribution in [2.24, 2.45) is 5.73 Å². The van der Waals surface area contributed by atoms with Gasteiger partial charge in [0.1, 0.15) is 0 Å². The highest BCUT2D eigenvalue weighted by atomic mass is 16.5. The fourth-order valence-corrected chi connectivity index (χ4v) is 1.99. The zero-order chi connectivity index (χ0) is 15.2. The maximum Gasteiger partial charge on any atom is 0.341 e. The maximum atomic E-state index is 5.69. The van der Waals surface area contributed by atoms with Gasteiger partial charge in [0.2, 0.25) is 0 Å². The third-order valence-corrected chi connectivity index (χ3v) is 3.15. The highest BCUT2D eigenvalue weighted by Crippen LogP contribution is 2.30. The second-order valence-corrected chi connectivity index (χ2v) is 4.49. The summed E-state index contributed by atoms with van der Waals surface area (Å²) in [6, 6.07) is 5.74. The van der Waals surface area contributed by atoms with Crippen molar-refractivity contribution in [3.63, 3.8) is 0 Å². The van der Waals surface area contributed by atoms with Gasteiger partial charge >= 0.3 is 6.01 Å². The van der Waals surface area contributed by atoms with Crippen LogP contribution in [0.15, 0.2) is 18.2 Å². The summed E-state index contributed by atoms with van der Waals surface area (Å²) >= 11 is 0. The summed E-state index contributed by atoms with van der Waals surface area (Å²) in [6.07, 6.45) is 1.59. The van der Waals surface area contributed by atoms with Crippen LogP contribution in [0.5, 0.6) is 17.5 Å². The van der Waals surface area contributed by atoms with Crippen LogP contribution in [0.25, 0.3) is 0 Å². The maximum absolute atomic E-state index is 5.69. The highest BCUT2D eigenvalue weighted by molar-refractivity contribution is 5.44. The van der Waals surface area contributed by atoms with E-state index in [1.165, 1.54) is 0 Å². The minimum absolute atomic E-state index is 0.225. The average Bonchev–Trinajstić information content (AvgIpc) is 2.55. The van der Waals surface area contributed by atoms with Crippen LogP contribution in [-0.2, 0) is 19.4 Å². The first-order valence-corrected chi connectivity index (χ1v) is 6.99. The molecule has 0 fully saturated rings. The summed E-state index contributed by atoms with van der Waals surface area (Å²) in [5, 5.41) is 8.16. The first-order chi connectivity index (χ1) is 10.2. The smallest absolute Gasteiger partial charge is 0.341 e. The number of aromatic nitrogens is 3. The monoisotopic (exact) mass is 288 g/mol. The molecule has 0 unspecified atom stereocenters. The molecule has 1 aromatic carbocycles. The number of aryl methyl sites for hydroxylation is 2. The molecule has 6 nitrogen and oxygen atoms in total. The lowest BCUT2D eigenvalue weighted by Crippen LogP contribution is -2.05. The standard InChI is InChI=1S/C15H20N4O2/c1-4-11-12(5-2)18-19-15(17-11)21-13-7-6-10(9-16)8-14(13)20-3/h6-8H,4-5,9,16H2,1-3H3. The van der Waals surface area contributed by atoms with Crippen molar-refractivity contribution >= 4 is 0 Å². The molecule has 0 amide bonds. The number of hydrogen-bond donors (Lipinski definition) is 1. The molecule has 2 N–H and O–H groups in total. The van der Waals surface area contributed by atoms with Crippen LogP contribution < -0.4 is 15.2 Å². The molecule has 0 saturated heterocycles. The van der Waals surface area contributed by atoms with E-state index in [1.807, 2.05) is 26.0 Å². The molecule has 0 atom stereocenters. The fourth-order valence-electron chi connectivity index (χ4n) is 1.99. The minimum Gasteiger partial charge on any atom is -0.493 e. The quantitative estimate of drug-likeness (QED) is 0.877. The molecule has 0 saturated carbocycles. The molecule has 0 spiro atoms. The van der Waals surface area contributed by atoms with Gasteiger partial charge < -0.3 is 15.2 Å². The Morgan fingerprint density at radius 2 is 1.81 bits per heavy atom. The normalized spacial score (nSPS) is 10.5. The Kier molecular flexibility index (Phi) is 5.05. The van der Waals surface area contributed by atoms with E-state index in [0.29, 0.717) is 18.0 Å². The lowest BCUT2D eigenvalue weighted by molar-refractivity contribution is 0.363. The van der Waals surface area contributed by atoms with E-state index >= 15 is 0 Å². The number of nitrogens with zero attached hydrogens (tertiary/aromatic N) is 3. The molecule has 0 aliphatic heterocycles. The predicted octanol–water partition coefficient (Wildman–Crippen LogP) is 2.26. The van der Waals surface area contributed by atoms with Crippen molar-refractivity contribution in [3.05, 3.63) is 35.2 Å². The van der Waals surface area contributed by atoms with Gasteiger partial charge in [-0.15, -0.1) is 5.10 Å². The number of ether oxygens (including phenoxy) is 2. The SMILES string of the molecule is CCc1nnc(Oc2ccc(CN)cc2OC)nc1CC. The van der Waals surface area contributed by atoms with Gasteiger partial charge in [-0.2, -0.15) is 4.98 Å². The number of nitrogens with two attached hydrogens (primary N) is 1. The zero-order valence-electron chi connectivity index (χ0n) is 12.6. The minimum atomic E-state index is 0.225. The largest absolute Gasteiger partial charge is 0.493 e. The number of rotatable bonds is 6. The van der Waals surface area contributed by atoms with E-state index in [1.54, 1.807) is 13.2 Å². The zero-order valence-corrected chi connectivity index (χ0v) is 12.6. The molecule has 1 heterocycles. The van der Waals surface area contributed by atoms with Gasteiger partial charge in [0, 0.05) is 6.54 Å². The molecule has 2 rings (SSSR count). The molecule has 112 valence electrons. The Morgan fingerprint density at radius 1 is 1.05 bits per heavy atom. The van der Waals surface area contributed by atoms with Gasteiger partial charge in [0.15, 0.2) is 11.5 Å². The Morgan fingerprint density at radius 3 is 2.43 bits per heavy atom. The van der Waals surface area contributed by atoms with Crippen LogP contribution in [0.2, 0.25) is 0 Å². The first-order valence-electron chi connectivity index (χ1n) is 6.99. The van der Waals surface area contributed by atoms with Gasteiger partial charge in [-0.3, -0.25) is 0 Å². The third-order valence-electron chi connectivity index (χ3n) is 3.15. The second-order valence-electron chi connectivity index (χ2n) is 4.49. The number of hydrogen-bond acceptors (Lipinski definition) is 6. The van der Waals surface area contributed by atoms with Crippen LogP contribution >= 0.6 is 0 Å². The van der Waals surface area contributed by atoms with Crippen molar-refractivity contribution in [1.29, 1.82) is 0 Å². The van der Waals surface area contributed by atoms with E-state index < -0.39 is 0 Å². The predicted molar refractivity (Wildman–Crippen MR) is 79.5 cm³/mol. The fraction of sp³-hybridized carbons (Fsp3) is 0.400. The summed E-state index contributed by atoms with van der Waals surface area (Å²) in [6.45, 7) is 4.50. The molecule has 21 heavy (non-hydrogen) atoms. The summed E-state index contributed by atoms with van der Waals surface area (Å²) in [5.74, 6) is 1.14. The molecule has 0 bridgehead atoms. The van der Waals surface area contributed by atoms with Crippen molar-refractivity contribution in [1.82, 2.24) is 15.2 Å². The van der Waals surface area contributed by atoms with Crippen LogP contribution in [0, 0.1) is 0 Å². The van der Waals surface area contributed by atoms with Crippen LogP contribution in [0.3, 0.4) is 0 Å². The number of methoxy groups -OCH3 is 1. The Hall–Kier alpha value is -2.21. The highest BCUT2D eigenvalue weighted by Gasteiger charge is 2.11. The molecule has 1 aromatic heterocycles. The Bertz CT molecular complexity index is 617. The van der Waals surface area contributed by atoms with E-state index in [9.17, 15) is 0 Å². The summed E-state index contributed by atoms with van der Waals surface area (Å²) < 4.78 is 11.0. The lowest BCUT2D eigenvalue weighted by atomic mass is 10.2. The summed E-state index contributed by atoms with van der Waals surface area (Å²) in [5.41, 5.74) is 8.38. The molecule has 2 aromatic rings. The Balaban J connectivity index is 2.29. The van der Waals surface area contributed by atoms with E-state index in [-0.39, 0.29) is 6.01 Å². The van der Waals surface area contributed by atoms with Gasteiger partial charge in [-0.25, -0.2) is 0 Å². The van der Waals surface area contributed by atoms with Crippen LogP contribution in [0.1, 0.15) is 30.8 Å². The summed E-state index contributed by atoms with van der Waals surface area (Å²) in [7, 11) is 1.58. The second kappa shape index (κ2) is 6.99. The average molecular weight is 288 g/mol. The Labute approximate surface area is 124 Å². The van der Waals surface area contributed by atoms with Gasteiger partial charge in [-0.05, 0) is 30.5 Å². The van der Waals surface area contributed by atoms with Crippen molar-refractivity contribution in [2.75, 3.05) is 7.11 Å². The molecular weight excluding hydrogens is 268 g/mol. The molecule has 0 aliphatic rings. The van der Waals surface area contributed by atoms with E-state index in [0.717, 1.165) is 29.8 Å². The topological polar surface area (TPSA) is 83.2 Å². The van der Waals surface area contributed by atoms with E-state index in [4.69, 9.17) is 15.2 Å². The number of benzene rings is 1. The van der Waals surface area contributed by atoms with Crippen molar-refractivity contribution in [3.8, 4) is 17.5 Å². The third kappa shape index (κ3) is 3.46. The van der Waals surface area contributed by atoms with E-state index in [2.05, 4.69) is 15.2 Å². The molecule has 0 aliphatic carbocycles. The molecule has 0 radical (unpaired) electrons. The van der Waals surface area contributed by atoms with Crippen molar-refractivity contribution in [2.45, 2.75) is 33.2 Å². The lowest BCUT2D eigenvalue weighted by Gasteiger charge is -2.11. The summed E-state index contributed by atoms with van der Waals surface area (Å²) in [4.78, 5) is 4.40. The molecular formula is C15H20N4O2. The van der Waals surface area contributed by atoms with Gasteiger partial charge in [0.05, 0.1) is 18.5 Å². The van der Waals surface area contributed by atoms with Gasteiger partial charge in [0.25, 0.3) is 0 Å². The first kappa shape index (κ1) is 15.2. The van der Waals surface area contributed by atoms with Crippen molar-refractivity contribution < 1.29 is 9.47 Å². The molecule has 6 heteroatoms. The van der Waals surface area contributed by atoms with Crippen LogP contribution in [0.4, 0.5) is 0 Å². The van der Waals surface area contributed by atoms with Gasteiger partial charge in [-0.1, -0.05) is 25.0 Å².